The number of allylic oxidation sites excluding steroid dienone is 1. The molecule has 3 aliphatic rings. The lowest BCUT2D eigenvalue weighted by atomic mass is 10.0. The fourth-order valence-corrected chi connectivity index (χ4v) is 6.51. The van der Waals surface area contributed by atoms with Crippen LogP contribution >= 0.6 is 0 Å². The molecule has 0 radical (unpaired) electrons. The topological polar surface area (TPSA) is 98.5 Å². The summed E-state index contributed by atoms with van der Waals surface area (Å²) in [5.74, 6) is 1.25. The minimum absolute atomic E-state index is 0.179. The maximum absolute atomic E-state index is 14.7. The molecule has 7 rings (SSSR count). The Labute approximate surface area is 194 Å². The summed E-state index contributed by atoms with van der Waals surface area (Å²) in [7, 11) is -3.40. The minimum Gasteiger partial charge on any atom is -0.489 e. The van der Waals surface area contributed by atoms with Gasteiger partial charge in [0.1, 0.15) is 24.0 Å². The van der Waals surface area contributed by atoms with E-state index in [0.717, 1.165) is 23.3 Å². The lowest BCUT2D eigenvalue weighted by molar-refractivity contribution is 0.318. The van der Waals surface area contributed by atoms with E-state index in [-0.39, 0.29) is 24.4 Å². The average molecular weight is 476 g/mol. The van der Waals surface area contributed by atoms with Crippen LogP contribution in [0.4, 0.5) is 10.3 Å². The monoisotopic (exact) mass is 475 g/mol. The summed E-state index contributed by atoms with van der Waals surface area (Å²) < 4.78 is 46.8. The fourth-order valence-electron chi connectivity index (χ4n) is 5.01. The highest BCUT2D eigenvalue weighted by atomic mass is 32.2. The maximum Gasteiger partial charge on any atom is 0.210 e. The van der Waals surface area contributed by atoms with Gasteiger partial charge < -0.3 is 10.1 Å². The molecule has 34 heavy (non-hydrogen) atoms. The third-order valence-electron chi connectivity index (χ3n) is 6.75. The van der Waals surface area contributed by atoms with Gasteiger partial charge in [-0.25, -0.2) is 17.8 Å². The van der Waals surface area contributed by atoms with E-state index in [1.54, 1.807) is 42.0 Å². The van der Waals surface area contributed by atoms with Gasteiger partial charge in [-0.1, -0.05) is 6.07 Å². The zero-order chi connectivity index (χ0) is 23.2. The summed E-state index contributed by atoms with van der Waals surface area (Å²) >= 11 is 0. The molecule has 8 nitrogen and oxygen atoms in total. The molecule has 0 saturated heterocycles. The molecule has 2 aromatic carbocycles. The number of rotatable bonds is 4. The molecule has 2 aromatic heterocycles. The Hall–Kier alpha value is -3.79. The Kier molecular flexibility index (Phi) is 3.83. The lowest BCUT2D eigenvalue weighted by Crippen LogP contribution is -2.10. The Morgan fingerprint density at radius 3 is 3.00 bits per heavy atom. The second-order valence-corrected chi connectivity index (χ2v) is 10.6. The Morgan fingerprint density at radius 2 is 2.12 bits per heavy atom. The van der Waals surface area contributed by atoms with Crippen LogP contribution in [0.1, 0.15) is 36.0 Å². The SMILES string of the molecule is CC1=CS(=O)(=O)c2ccc(-c3cnc(NCc4c(F)ccc5c4[C@H]4C[C@H]4O5)n4cnnc34)cc21. The largest absolute Gasteiger partial charge is 0.489 e. The smallest absolute Gasteiger partial charge is 0.210 e. The fraction of sp³-hybridized carbons (Fsp3) is 0.208. The Morgan fingerprint density at radius 1 is 1.24 bits per heavy atom. The zero-order valence-electron chi connectivity index (χ0n) is 18.0. The predicted octanol–water partition coefficient (Wildman–Crippen LogP) is 3.94. The molecule has 2 atom stereocenters. The standard InChI is InChI=1S/C24H18FN5O3S/c1-12-10-34(31,32)21-5-2-13(6-14(12)21)16-8-26-24(30-11-28-29-23(16)30)27-9-17-18(25)3-4-19-22(17)15-7-20(15)33-19/h2-6,8,10-11,15,20H,7,9H2,1H3,(H,26,27)/t15-,20+/m0/s1. The van der Waals surface area contributed by atoms with E-state index in [1.165, 1.54) is 11.5 Å². The zero-order valence-corrected chi connectivity index (χ0v) is 18.8. The first kappa shape index (κ1) is 19.7. The molecule has 0 amide bonds. The molecule has 0 bridgehead atoms. The second-order valence-electron chi connectivity index (χ2n) is 8.87. The van der Waals surface area contributed by atoms with Crippen LogP contribution in [0.2, 0.25) is 0 Å². The third-order valence-corrected chi connectivity index (χ3v) is 8.38. The first-order valence-corrected chi connectivity index (χ1v) is 12.4. The quantitative estimate of drug-likeness (QED) is 0.477. The number of ether oxygens (including phenoxy) is 1. The van der Waals surface area contributed by atoms with Gasteiger partial charge in [-0.2, -0.15) is 0 Å². The van der Waals surface area contributed by atoms with Crippen LogP contribution in [0.5, 0.6) is 5.75 Å². The van der Waals surface area contributed by atoms with E-state index in [1.807, 2.05) is 6.07 Å². The van der Waals surface area contributed by atoms with Gasteiger partial charge in [0.05, 0.1) is 4.90 Å². The number of sulfone groups is 1. The summed E-state index contributed by atoms with van der Waals surface area (Å²) in [5.41, 5.74) is 4.96. The number of anilines is 1. The second kappa shape index (κ2) is 6.63. The summed E-state index contributed by atoms with van der Waals surface area (Å²) in [6, 6.07) is 8.33. The van der Waals surface area contributed by atoms with Crippen molar-refractivity contribution in [3.05, 3.63) is 70.8 Å². The molecule has 0 unspecified atom stereocenters. The molecule has 1 fully saturated rings. The number of halogens is 1. The number of aromatic nitrogens is 4. The van der Waals surface area contributed by atoms with Crippen LogP contribution in [0, 0.1) is 5.82 Å². The summed E-state index contributed by atoms with van der Waals surface area (Å²) in [4.78, 5) is 4.85. The van der Waals surface area contributed by atoms with Crippen molar-refractivity contribution in [2.75, 3.05) is 5.32 Å². The molecular formula is C24H18FN5O3S. The summed E-state index contributed by atoms with van der Waals surface area (Å²) in [5, 5.41) is 12.8. The van der Waals surface area contributed by atoms with Gasteiger partial charge in [-0.05, 0) is 54.3 Å². The lowest BCUT2D eigenvalue weighted by Gasteiger charge is -2.14. The average Bonchev–Trinajstić information content (AvgIpc) is 3.14. The summed E-state index contributed by atoms with van der Waals surface area (Å²) in [6.07, 6.45) is 4.33. The van der Waals surface area contributed by atoms with Crippen molar-refractivity contribution in [1.29, 1.82) is 0 Å². The molecule has 1 N–H and O–H groups in total. The first-order chi connectivity index (χ1) is 16.4. The van der Waals surface area contributed by atoms with Crippen molar-refractivity contribution in [2.24, 2.45) is 0 Å². The van der Waals surface area contributed by atoms with Crippen LogP contribution in [-0.2, 0) is 16.4 Å². The van der Waals surface area contributed by atoms with Crippen molar-refractivity contribution in [3.63, 3.8) is 0 Å². The minimum atomic E-state index is -3.40. The molecule has 2 aliphatic heterocycles. The molecule has 4 aromatic rings. The highest BCUT2D eigenvalue weighted by Gasteiger charge is 2.49. The highest BCUT2D eigenvalue weighted by Crippen LogP contribution is 2.55. The van der Waals surface area contributed by atoms with E-state index in [4.69, 9.17) is 4.74 Å². The van der Waals surface area contributed by atoms with Gasteiger partial charge in [0, 0.05) is 40.8 Å². The van der Waals surface area contributed by atoms with Crippen molar-refractivity contribution >= 4 is 27.0 Å². The van der Waals surface area contributed by atoms with Gasteiger partial charge >= 0.3 is 0 Å². The van der Waals surface area contributed by atoms with Crippen molar-refractivity contribution < 1.29 is 17.5 Å². The van der Waals surface area contributed by atoms with E-state index in [2.05, 4.69) is 20.5 Å². The molecule has 10 heteroatoms. The van der Waals surface area contributed by atoms with Crippen LogP contribution in [-0.4, -0.2) is 34.1 Å². The van der Waals surface area contributed by atoms with Gasteiger partial charge in [-0.3, -0.25) is 4.40 Å². The van der Waals surface area contributed by atoms with Crippen LogP contribution in [0.3, 0.4) is 0 Å². The van der Waals surface area contributed by atoms with Crippen LogP contribution in [0.15, 0.2) is 53.2 Å². The number of benzene rings is 2. The van der Waals surface area contributed by atoms with Gasteiger partial charge in [0.15, 0.2) is 5.65 Å². The Bertz CT molecular complexity index is 1680. The third kappa shape index (κ3) is 2.75. The van der Waals surface area contributed by atoms with Crippen LogP contribution in [0.25, 0.3) is 22.3 Å². The molecule has 170 valence electrons. The maximum atomic E-state index is 14.7. The number of nitrogens with one attached hydrogen (secondary N) is 1. The molecular weight excluding hydrogens is 457 g/mol. The van der Waals surface area contributed by atoms with Gasteiger partial charge in [0.25, 0.3) is 0 Å². The van der Waals surface area contributed by atoms with Crippen molar-refractivity contribution in [1.82, 2.24) is 19.6 Å². The highest BCUT2D eigenvalue weighted by molar-refractivity contribution is 7.95. The molecule has 0 spiro atoms. The normalized spacial score (nSPS) is 20.9. The summed E-state index contributed by atoms with van der Waals surface area (Å²) in [6.45, 7) is 2.03. The van der Waals surface area contributed by atoms with E-state index in [0.29, 0.717) is 38.8 Å². The number of fused-ring (bicyclic) bond motifs is 5. The van der Waals surface area contributed by atoms with E-state index < -0.39 is 9.84 Å². The number of hydrogen-bond donors (Lipinski definition) is 1. The van der Waals surface area contributed by atoms with Gasteiger partial charge in [-0.15, -0.1) is 10.2 Å². The number of nitrogens with zero attached hydrogens (tertiary/aromatic N) is 4. The van der Waals surface area contributed by atoms with Gasteiger partial charge in [0.2, 0.25) is 15.8 Å². The Balaban J connectivity index is 1.25. The van der Waals surface area contributed by atoms with E-state index >= 15 is 0 Å². The molecule has 1 aliphatic carbocycles. The molecule has 4 heterocycles. The first-order valence-electron chi connectivity index (χ1n) is 10.9. The number of hydrogen-bond acceptors (Lipinski definition) is 7. The van der Waals surface area contributed by atoms with E-state index in [9.17, 15) is 12.8 Å². The van der Waals surface area contributed by atoms with Crippen molar-refractivity contribution in [3.8, 4) is 16.9 Å². The van der Waals surface area contributed by atoms with Crippen LogP contribution < -0.4 is 10.1 Å². The molecule has 1 saturated carbocycles. The van der Waals surface area contributed by atoms with Crippen molar-refractivity contribution in [2.45, 2.75) is 36.8 Å². The predicted molar refractivity (Wildman–Crippen MR) is 123 cm³/mol.